The Hall–Kier alpha value is -1.50. The van der Waals surface area contributed by atoms with Gasteiger partial charge in [0, 0.05) is 12.8 Å². The van der Waals surface area contributed by atoms with Crippen molar-refractivity contribution >= 4 is 11.9 Å². The highest BCUT2D eigenvalue weighted by Gasteiger charge is 2.44. The molecular weight excluding hydrogens is 232 g/mol. The van der Waals surface area contributed by atoms with Gasteiger partial charge in [-0.1, -0.05) is 19.8 Å². The Morgan fingerprint density at radius 1 is 1.22 bits per heavy atom. The van der Waals surface area contributed by atoms with Gasteiger partial charge in [-0.2, -0.15) is 0 Å². The summed E-state index contributed by atoms with van der Waals surface area (Å²) in [6.45, 7) is 1.90. The van der Waals surface area contributed by atoms with E-state index in [1.54, 1.807) is 0 Å². The number of carboxylic acids is 2. The highest BCUT2D eigenvalue weighted by molar-refractivity contribution is 5.77. The van der Waals surface area contributed by atoms with E-state index in [0.29, 0.717) is 19.3 Å². The Morgan fingerprint density at radius 2 is 1.83 bits per heavy atom. The lowest BCUT2D eigenvalue weighted by atomic mass is 9.77. The van der Waals surface area contributed by atoms with Gasteiger partial charge in [0.15, 0.2) is 0 Å². The van der Waals surface area contributed by atoms with Gasteiger partial charge in [-0.25, -0.2) is 0 Å². The molecule has 0 saturated heterocycles. The van der Waals surface area contributed by atoms with Gasteiger partial charge >= 0.3 is 11.9 Å². The van der Waals surface area contributed by atoms with Crippen LogP contribution in [-0.4, -0.2) is 22.2 Å². The van der Waals surface area contributed by atoms with Crippen LogP contribution in [0.15, 0.2) is 0 Å². The molecule has 18 heavy (non-hydrogen) atoms. The molecule has 2 N–H and O–H groups in total. The molecule has 0 amide bonds. The van der Waals surface area contributed by atoms with Crippen LogP contribution in [0.5, 0.6) is 0 Å². The molecule has 0 spiro atoms. The Kier molecular flexibility index (Phi) is 5.21. The second kappa shape index (κ2) is 6.44. The number of hydrogen-bond donors (Lipinski definition) is 2. The third-order valence-electron chi connectivity index (χ3n) is 3.65. The summed E-state index contributed by atoms with van der Waals surface area (Å²) in [6.07, 6.45) is 4.07. The van der Waals surface area contributed by atoms with Crippen LogP contribution >= 0.6 is 0 Å². The lowest BCUT2D eigenvalue weighted by Gasteiger charge is -2.26. The first-order chi connectivity index (χ1) is 8.52. The molecule has 100 valence electrons. The molecule has 1 unspecified atom stereocenters. The molecule has 0 aromatic rings. The Bertz CT molecular complexity index is 369. The quantitative estimate of drug-likeness (QED) is 0.737. The number of rotatable bonds is 5. The van der Waals surface area contributed by atoms with E-state index in [1.807, 2.05) is 6.92 Å². The Labute approximate surface area is 107 Å². The summed E-state index contributed by atoms with van der Waals surface area (Å²) in [5.41, 5.74) is -0.836. The maximum atomic E-state index is 11.4. The summed E-state index contributed by atoms with van der Waals surface area (Å²) in [5, 5.41) is 18.5. The molecule has 1 saturated carbocycles. The number of carbonyl (C=O) groups is 2. The minimum Gasteiger partial charge on any atom is -0.481 e. The summed E-state index contributed by atoms with van der Waals surface area (Å²) in [7, 11) is 0. The van der Waals surface area contributed by atoms with Crippen molar-refractivity contribution in [2.75, 3.05) is 0 Å². The molecule has 4 nitrogen and oxygen atoms in total. The van der Waals surface area contributed by atoms with E-state index in [2.05, 4.69) is 11.8 Å². The summed E-state index contributed by atoms with van der Waals surface area (Å²) in [5.74, 6) is 3.20. The molecular formula is C14H20O4. The summed E-state index contributed by atoms with van der Waals surface area (Å²) in [6, 6.07) is 0. The van der Waals surface area contributed by atoms with E-state index in [0.717, 1.165) is 12.8 Å². The summed E-state index contributed by atoms with van der Waals surface area (Å²) >= 11 is 0. The zero-order valence-corrected chi connectivity index (χ0v) is 10.7. The highest BCUT2D eigenvalue weighted by atomic mass is 16.4. The zero-order valence-electron chi connectivity index (χ0n) is 10.7. The van der Waals surface area contributed by atoms with Crippen molar-refractivity contribution in [1.82, 2.24) is 0 Å². The predicted molar refractivity (Wildman–Crippen MR) is 67.0 cm³/mol. The molecule has 1 aliphatic rings. The van der Waals surface area contributed by atoms with Crippen molar-refractivity contribution in [1.29, 1.82) is 0 Å². The van der Waals surface area contributed by atoms with Gasteiger partial charge < -0.3 is 10.2 Å². The van der Waals surface area contributed by atoms with Crippen LogP contribution in [0.25, 0.3) is 0 Å². The second-order valence-corrected chi connectivity index (χ2v) is 4.94. The number of aliphatic carboxylic acids is 2. The van der Waals surface area contributed by atoms with Gasteiger partial charge in [-0.3, -0.25) is 9.59 Å². The minimum absolute atomic E-state index is 0.204. The van der Waals surface area contributed by atoms with E-state index in [1.165, 1.54) is 0 Å². The first-order valence-electron chi connectivity index (χ1n) is 6.44. The van der Waals surface area contributed by atoms with Gasteiger partial charge in [0.05, 0.1) is 11.3 Å². The van der Waals surface area contributed by atoms with Gasteiger partial charge in [0.1, 0.15) is 0 Å². The maximum absolute atomic E-state index is 11.4. The molecule has 0 bridgehead atoms. The third kappa shape index (κ3) is 3.49. The average molecular weight is 252 g/mol. The van der Waals surface area contributed by atoms with Crippen LogP contribution in [0.3, 0.4) is 0 Å². The molecule has 0 aromatic carbocycles. The molecule has 1 fully saturated rings. The first kappa shape index (κ1) is 14.6. The predicted octanol–water partition coefficient (Wildman–Crippen LogP) is 2.53. The molecule has 0 radical (unpaired) electrons. The van der Waals surface area contributed by atoms with Crippen LogP contribution in [0.4, 0.5) is 0 Å². The van der Waals surface area contributed by atoms with Gasteiger partial charge in [-0.05, 0) is 19.3 Å². The summed E-state index contributed by atoms with van der Waals surface area (Å²) in [4.78, 5) is 22.6. The standard InChI is InChI=1S/C14H20O4/c1-2-3-4-7-11(12(15)16)10-14(13(17)18)8-5-6-9-14/h11H,2,5-10H2,1H3,(H,15,16)(H,17,18). The van der Waals surface area contributed by atoms with E-state index >= 15 is 0 Å². The molecule has 1 rings (SSSR count). The lowest BCUT2D eigenvalue weighted by molar-refractivity contribution is -0.152. The number of hydrogen-bond acceptors (Lipinski definition) is 2. The van der Waals surface area contributed by atoms with E-state index in [4.69, 9.17) is 5.11 Å². The minimum atomic E-state index is -0.937. The normalized spacial score (nSPS) is 18.7. The van der Waals surface area contributed by atoms with E-state index in [9.17, 15) is 14.7 Å². The van der Waals surface area contributed by atoms with Crippen LogP contribution in [-0.2, 0) is 9.59 Å². The smallest absolute Gasteiger partial charge is 0.309 e. The van der Waals surface area contributed by atoms with Crippen molar-refractivity contribution in [2.45, 2.75) is 51.9 Å². The van der Waals surface area contributed by atoms with Crippen molar-refractivity contribution < 1.29 is 19.8 Å². The molecule has 0 heterocycles. The zero-order chi connectivity index (χ0) is 13.6. The first-order valence-corrected chi connectivity index (χ1v) is 6.44. The van der Waals surface area contributed by atoms with Crippen molar-refractivity contribution in [3.05, 3.63) is 0 Å². The molecule has 4 heteroatoms. The number of carboxylic acid groups (broad SMARTS) is 2. The van der Waals surface area contributed by atoms with Crippen LogP contribution in [0.1, 0.15) is 51.9 Å². The van der Waals surface area contributed by atoms with Crippen molar-refractivity contribution in [2.24, 2.45) is 11.3 Å². The largest absolute Gasteiger partial charge is 0.481 e. The average Bonchev–Trinajstić information content (AvgIpc) is 2.77. The molecule has 0 aromatic heterocycles. The topological polar surface area (TPSA) is 74.6 Å². The van der Waals surface area contributed by atoms with Crippen LogP contribution in [0.2, 0.25) is 0 Å². The lowest BCUT2D eigenvalue weighted by Crippen LogP contribution is -2.32. The molecule has 0 aliphatic heterocycles. The Balaban J connectivity index is 2.75. The van der Waals surface area contributed by atoms with E-state index in [-0.39, 0.29) is 12.8 Å². The fourth-order valence-corrected chi connectivity index (χ4v) is 2.60. The highest BCUT2D eigenvalue weighted by Crippen LogP contribution is 2.44. The van der Waals surface area contributed by atoms with Gasteiger partial charge in [-0.15, -0.1) is 11.8 Å². The van der Waals surface area contributed by atoms with Crippen LogP contribution in [0, 0.1) is 23.2 Å². The fourth-order valence-electron chi connectivity index (χ4n) is 2.60. The van der Waals surface area contributed by atoms with Crippen molar-refractivity contribution in [3.8, 4) is 11.8 Å². The molecule has 1 atom stereocenters. The van der Waals surface area contributed by atoms with Gasteiger partial charge in [0.25, 0.3) is 0 Å². The SMILES string of the molecule is CCC#CCC(CC1(C(=O)O)CCCC1)C(=O)O. The monoisotopic (exact) mass is 252 g/mol. The third-order valence-corrected chi connectivity index (χ3v) is 3.65. The Morgan fingerprint density at radius 3 is 2.28 bits per heavy atom. The van der Waals surface area contributed by atoms with E-state index < -0.39 is 23.3 Å². The second-order valence-electron chi connectivity index (χ2n) is 4.94. The van der Waals surface area contributed by atoms with Gasteiger partial charge in [0.2, 0.25) is 0 Å². The maximum Gasteiger partial charge on any atom is 0.309 e. The van der Waals surface area contributed by atoms with Crippen molar-refractivity contribution in [3.63, 3.8) is 0 Å². The molecule has 1 aliphatic carbocycles. The fraction of sp³-hybridized carbons (Fsp3) is 0.714. The summed E-state index contributed by atoms with van der Waals surface area (Å²) < 4.78 is 0. The van der Waals surface area contributed by atoms with Crippen LogP contribution < -0.4 is 0 Å².